The summed E-state index contributed by atoms with van der Waals surface area (Å²) < 4.78 is 35.0. The monoisotopic (exact) mass is 652 g/mol. The van der Waals surface area contributed by atoms with Gasteiger partial charge >= 0.3 is 0 Å². The van der Waals surface area contributed by atoms with Crippen molar-refractivity contribution < 1.29 is 33.5 Å². The molecule has 6 rings (SSSR count). The number of benzene rings is 4. The molecule has 0 radical (unpaired) electrons. The highest BCUT2D eigenvalue weighted by atomic mass is 16.6. The van der Waals surface area contributed by atoms with Gasteiger partial charge in [-0.1, -0.05) is 0 Å². The first-order chi connectivity index (χ1) is 23.0. The zero-order chi connectivity index (χ0) is 34.1. The van der Waals surface area contributed by atoms with Gasteiger partial charge in [-0.2, -0.15) is 0 Å². The smallest absolute Gasteiger partial charge is 0.125 e. The standard InChI is InChI=1S/C41H48O7/c1-23-9-31(33-13-27(5)40(28(6)14-33)47-21-36-19-43-36)10-24(2)38(23)45-17-35(42)18-46-39-25(3)11-32(12-26(39)4)34-15-29(7)41(30(8)16-34)48-22-37-20-44-37/h9-16,35-37,42H,17-22H2,1-8H3. The lowest BCUT2D eigenvalue weighted by Crippen LogP contribution is -2.25. The first-order valence-corrected chi connectivity index (χ1v) is 16.8. The van der Waals surface area contributed by atoms with Crippen LogP contribution in [-0.4, -0.2) is 63.1 Å². The molecule has 0 bridgehead atoms. The van der Waals surface area contributed by atoms with Gasteiger partial charge in [0.25, 0.3) is 0 Å². The van der Waals surface area contributed by atoms with Gasteiger partial charge in [0, 0.05) is 0 Å². The Balaban J connectivity index is 1.06. The fourth-order valence-corrected chi connectivity index (χ4v) is 6.47. The molecule has 2 atom stereocenters. The lowest BCUT2D eigenvalue weighted by molar-refractivity contribution is 0.0617. The highest BCUT2D eigenvalue weighted by Gasteiger charge is 2.25. The molecule has 0 saturated carbocycles. The van der Waals surface area contributed by atoms with Gasteiger partial charge in [-0.3, -0.25) is 0 Å². The topological polar surface area (TPSA) is 82.2 Å². The van der Waals surface area contributed by atoms with Crippen molar-refractivity contribution in [1.82, 2.24) is 0 Å². The van der Waals surface area contributed by atoms with E-state index in [-0.39, 0.29) is 25.4 Å². The van der Waals surface area contributed by atoms with Crippen molar-refractivity contribution in [1.29, 1.82) is 0 Å². The molecule has 48 heavy (non-hydrogen) atoms. The van der Waals surface area contributed by atoms with E-state index in [0.717, 1.165) is 103 Å². The average Bonchev–Trinajstić information content (AvgIpc) is 3.95. The van der Waals surface area contributed by atoms with Gasteiger partial charge in [-0.15, -0.1) is 0 Å². The Morgan fingerprint density at radius 3 is 0.938 bits per heavy atom. The summed E-state index contributed by atoms with van der Waals surface area (Å²) in [6.07, 6.45) is -0.341. The second-order valence-corrected chi connectivity index (χ2v) is 13.6. The molecular formula is C41H48O7. The number of aryl methyl sites for hydroxylation is 8. The van der Waals surface area contributed by atoms with E-state index in [4.69, 9.17) is 28.4 Å². The van der Waals surface area contributed by atoms with Crippen LogP contribution in [0.15, 0.2) is 48.5 Å². The van der Waals surface area contributed by atoms with Crippen LogP contribution < -0.4 is 18.9 Å². The SMILES string of the molecule is Cc1cc(-c2cc(C)c(OCC3CO3)c(C)c2)cc(C)c1OCC(O)COc1c(C)cc(-c2cc(C)c(OCC3CO3)c(C)c2)cc1C. The van der Waals surface area contributed by atoms with Crippen LogP contribution >= 0.6 is 0 Å². The molecule has 2 saturated heterocycles. The lowest BCUT2D eigenvalue weighted by Gasteiger charge is -2.20. The molecule has 4 aromatic carbocycles. The van der Waals surface area contributed by atoms with Crippen molar-refractivity contribution >= 4 is 0 Å². The highest BCUT2D eigenvalue weighted by Crippen LogP contribution is 2.36. The molecule has 4 aromatic rings. The predicted molar refractivity (Wildman–Crippen MR) is 189 cm³/mol. The second-order valence-electron chi connectivity index (χ2n) is 13.6. The quantitative estimate of drug-likeness (QED) is 0.139. The Kier molecular flexibility index (Phi) is 10.0. The molecule has 1 N–H and O–H groups in total. The van der Waals surface area contributed by atoms with Crippen LogP contribution in [0.4, 0.5) is 0 Å². The van der Waals surface area contributed by atoms with E-state index in [9.17, 15) is 5.11 Å². The third kappa shape index (κ3) is 7.97. The first-order valence-electron chi connectivity index (χ1n) is 16.8. The summed E-state index contributed by atoms with van der Waals surface area (Å²) in [5, 5.41) is 10.8. The fraction of sp³-hybridized carbons (Fsp3) is 0.415. The van der Waals surface area contributed by atoms with Gasteiger partial charge in [0.15, 0.2) is 0 Å². The van der Waals surface area contributed by atoms with E-state index >= 15 is 0 Å². The van der Waals surface area contributed by atoms with E-state index in [2.05, 4.69) is 76.2 Å². The Labute approximate surface area is 284 Å². The van der Waals surface area contributed by atoms with Gasteiger partial charge in [-0.25, -0.2) is 0 Å². The van der Waals surface area contributed by atoms with Crippen molar-refractivity contribution in [2.75, 3.05) is 39.6 Å². The number of ether oxygens (including phenoxy) is 6. The Bertz CT molecular complexity index is 1580. The average molecular weight is 653 g/mol. The maximum Gasteiger partial charge on any atom is 0.125 e. The van der Waals surface area contributed by atoms with Gasteiger partial charge in [0.05, 0.1) is 13.2 Å². The van der Waals surface area contributed by atoms with Crippen molar-refractivity contribution in [3.05, 3.63) is 93.0 Å². The van der Waals surface area contributed by atoms with Gasteiger partial charge in [0.2, 0.25) is 0 Å². The van der Waals surface area contributed by atoms with Crippen LogP contribution in [0, 0.1) is 55.4 Å². The molecule has 0 aromatic heterocycles. The van der Waals surface area contributed by atoms with E-state index in [1.807, 2.05) is 27.7 Å². The maximum absolute atomic E-state index is 10.8. The minimum atomic E-state index is -0.792. The van der Waals surface area contributed by atoms with E-state index in [0.29, 0.717) is 13.2 Å². The van der Waals surface area contributed by atoms with E-state index in [1.165, 1.54) is 0 Å². The molecular weight excluding hydrogens is 604 g/mol. The number of aliphatic hydroxyl groups excluding tert-OH is 1. The Morgan fingerprint density at radius 2 is 0.708 bits per heavy atom. The van der Waals surface area contributed by atoms with E-state index < -0.39 is 6.10 Å². The van der Waals surface area contributed by atoms with Gasteiger partial charge < -0.3 is 33.5 Å². The lowest BCUT2D eigenvalue weighted by atomic mass is 9.96. The molecule has 2 unspecified atom stereocenters. The summed E-state index contributed by atoms with van der Waals surface area (Å²) in [5.74, 6) is 3.44. The highest BCUT2D eigenvalue weighted by molar-refractivity contribution is 5.71. The molecule has 0 amide bonds. The number of hydrogen-bond acceptors (Lipinski definition) is 7. The van der Waals surface area contributed by atoms with Crippen LogP contribution in [0.3, 0.4) is 0 Å². The van der Waals surface area contributed by atoms with Crippen molar-refractivity contribution in [2.24, 2.45) is 0 Å². The normalized spacial score (nSPS) is 17.2. The van der Waals surface area contributed by atoms with Crippen LogP contribution in [0.2, 0.25) is 0 Å². The summed E-state index contributed by atoms with van der Waals surface area (Å²) in [5.41, 5.74) is 13.0. The summed E-state index contributed by atoms with van der Waals surface area (Å²) in [4.78, 5) is 0. The molecule has 254 valence electrons. The fourth-order valence-electron chi connectivity index (χ4n) is 6.47. The van der Waals surface area contributed by atoms with Crippen molar-refractivity contribution in [3.63, 3.8) is 0 Å². The largest absolute Gasteiger partial charge is 0.490 e. The second kappa shape index (κ2) is 14.2. The molecule has 0 aliphatic carbocycles. The van der Waals surface area contributed by atoms with Crippen LogP contribution in [0.1, 0.15) is 44.5 Å². The third-order valence-electron chi connectivity index (χ3n) is 8.98. The summed E-state index contributed by atoms with van der Waals surface area (Å²) in [6.45, 7) is 19.5. The maximum atomic E-state index is 10.8. The minimum Gasteiger partial charge on any atom is -0.490 e. The van der Waals surface area contributed by atoms with Crippen LogP contribution in [0.5, 0.6) is 23.0 Å². The molecule has 0 spiro atoms. The molecule has 2 heterocycles. The van der Waals surface area contributed by atoms with Crippen molar-refractivity contribution in [2.45, 2.75) is 73.7 Å². The zero-order valence-corrected chi connectivity index (χ0v) is 29.5. The van der Waals surface area contributed by atoms with E-state index in [1.54, 1.807) is 0 Å². The molecule has 7 heteroatoms. The number of aliphatic hydroxyl groups is 1. The Morgan fingerprint density at radius 1 is 0.479 bits per heavy atom. The molecule has 2 aliphatic rings. The van der Waals surface area contributed by atoms with Crippen molar-refractivity contribution in [3.8, 4) is 45.3 Å². The first kappa shape index (κ1) is 33.8. The van der Waals surface area contributed by atoms with Gasteiger partial charge in [0.1, 0.15) is 67.7 Å². The van der Waals surface area contributed by atoms with Crippen LogP contribution in [-0.2, 0) is 9.47 Å². The van der Waals surface area contributed by atoms with Gasteiger partial charge in [-0.05, 0) is 171 Å². The zero-order valence-electron chi connectivity index (χ0n) is 29.5. The minimum absolute atomic E-state index is 0.131. The molecule has 7 nitrogen and oxygen atoms in total. The summed E-state index contributed by atoms with van der Waals surface area (Å²) >= 11 is 0. The Hall–Kier alpha value is -4.04. The number of hydrogen-bond donors (Lipinski definition) is 1. The summed E-state index contributed by atoms with van der Waals surface area (Å²) in [7, 11) is 0. The number of rotatable bonds is 14. The number of epoxide rings is 2. The van der Waals surface area contributed by atoms with Crippen LogP contribution in [0.25, 0.3) is 22.3 Å². The predicted octanol–water partition coefficient (Wildman–Crippen LogP) is 7.86. The summed E-state index contributed by atoms with van der Waals surface area (Å²) in [6, 6.07) is 17.2. The molecule has 2 aliphatic heterocycles. The third-order valence-corrected chi connectivity index (χ3v) is 8.98. The molecule has 2 fully saturated rings.